The number of alkyl halides is 3. The van der Waals surface area contributed by atoms with Gasteiger partial charge in [0.2, 0.25) is 5.91 Å². The number of carbonyl (C=O) groups is 2. The van der Waals surface area contributed by atoms with Crippen LogP contribution in [-0.2, 0) is 15.7 Å². The molecule has 1 aliphatic heterocycles. The van der Waals surface area contributed by atoms with Crippen LogP contribution >= 0.6 is 0 Å². The van der Waals surface area contributed by atoms with E-state index in [1.165, 1.54) is 17.0 Å². The van der Waals surface area contributed by atoms with E-state index < -0.39 is 41.4 Å². The Bertz CT molecular complexity index is 698. The van der Waals surface area contributed by atoms with Crippen LogP contribution in [0, 0.1) is 0 Å². The third-order valence-corrected chi connectivity index (χ3v) is 4.26. The molecule has 1 saturated heterocycles. The van der Waals surface area contributed by atoms with Crippen LogP contribution in [0.3, 0.4) is 0 Å². The molecule has 8 heteroatoms. The molecule has 1 unspecified atom stereocenters. The van der Waals surface area contributed by atoms with Crippen LogP contribution < -0.4 is 5.32 Å². The zero-order valence-electron chi connectivity index (χ0n) is 15.9. The van der Waals surface area contributed by atoms with Gasteiger partial charge < -0.3 is 10.1 Å². The Labute approximate surface area is 156 Å². The first-order chi connectivity index (χ1) is 12.4. The van der Waals surface area contributed by atoms with Gasteiger partial charge in [0, 0.05) is 6.54 Å². The summed E-state index contributed by atoms with van der Waals surface area (Å²) in [7, 11) is 0. The van der Waals surface area contributed by atoms with Gasteiger partial charge in [0.15, 0.2) is 0 Å². The summed E-state index contributed by atoms with van der Waals surface area (Å²) in [6.07, 6.45) is -3.86. The number of likely N-dealkylation sites (tertiary alicyclic amines) is 1. The fraction of sp³-hybridized carbons (Fsp3) is 0.579. The molecule has 2 rings (SSSR count). The molecule has 1 aromatic rings. The van der Waals surface area contributed by atoms with E-state index in [-0.39, 0.29) is 0 Å². The number of carbonyl (C=O) groups excluding carboxylic acids is 2. The van der Waals surface area contributed by atoms with Crippen molar-refractivity contribution in [2.75, 3.05) is 6.54 Å². The van der Waals surface area contributed by atoms with Gasteiger partial charge in [-0.05, 0) is 58.2 Å². The van der Waals surface area contributed by atoms with Crippen LogP contribution in [0.25, 0.3) is 0 Å². The molecule has 1 N–H and O–H groups in total. The van der Waals surface area contributed by atoms with E-state index in [1.807, 2.05) is 0 Å². The van der Waals surface area contributed by atoms with Crippen molar-refractivity contribution in [3.63, 3.8) is 0 Å². The van der Waals surface area contributed by atoms with Crippen LogP contribution in [0.1, 0.15) is 57.7 Å². The molecule has 0 aliphatic carbocycles. The lowest BCUT2D eigenvalue weighted by molar-refractivity contribution is -0.137. The summed E-state index contributed by atoms with van der Waals surface area (Å²) in [5, 5.41) is 2.71. The molecule has 1 aromatic carbocycles. The monoisotopic (exact) mass is 386 g/mol. The summed E-state index contributed by atoms with van der Waals surface area (Å²) in [5.41, 5.74) is -1.09. The Kier molecular flexibility index (Phi) is 6.07. The molecule has 2 atom stereocenters. The van der Waals surface area contributed by atoms with Gasteiger partial charge in [0.25, 0.3) is 0 Å². The van der Waals surface area contributed by atoms with Gasteiger partial charge in [-0.2, -0.15) is 13.2 Å². The summed E-state index contributed by atoms with van der Waals surface area (Å²) in [4.78, 5) is 26.3. The van der Waals surface area contributed by atoms with E-state index in [9.17, 15) is 22.8 Å². The third-order valence-electron chi connectivity index (χ3n) is 4.26. The maximum Gasteiger partial charge on any atom is 0.416 e. The molecule has 0 saturated carbocycles. The first kappa shape index (κ1) is 21.1. The Morgan fingerprint density at radius 1 is 1.26 bits per heavy atom. The van der Waals surface area contributed by atoms with Gasteiger partial charge in [-0.1, -0.05) is 12.1 Å². The van der Waals surface area contributed by atoms with Crippen LogP contribution in [0.4, 0.5) is 18.0 Å². The second kappa shape index (κ2) is 7.78. The third kappa shape index (κ3) is 5.61. The SMILES string of the molecule is CC(NC(=O)[C@@H]1CCCN1C(=O)OC(C)(C)C)c1cccc(C(F)(F)F)c1. The van der Waals surface area contributed by atoms with Crippen LogP contribution in [0.2, 0.25) is 0 Å². The van der Waals surface area contributed by atoms with E-state index in [1.54, 1.807) is 27.7 Å². The summed E-state index contributed by atoms with van der Waals surface area (Å²) in [5.74, 6) is -0.400. The van der Waals surface area contributed by atoms with Crippen molar-refractivity contribution >= 4 is 12.0 Å². The molecular formula is C19H25F3N2O3. The van der Waals surface area contributed by atoms with Gasteiger partial charge in [-0.3, -0.25) is 9.69 Å². The molecular weight excluding hydrogens is 361 g/mol. The fourth-order valence-corrected chi connectivity index (χ4v) is 2.96. The summed E-state index contributed by atoms with van der Waals surface area (Å²) in [6.45, 7) is 7.24. The van der Waals surface area contributed by atoms with Crippen molar-refractivity contribution in [1.82, 2.24) is 10.2 Å². The smallest absolute Gasteiger partial charge is 0.416 e. The Balaban J connectivity index is 2.06. The van der Waals surface area contributed by atoms with Gasteiger partial charge >= 0.3 is 12.3 Å². The topological polar surface area (TPSA) is 58.6 Å². The number of nitrogens with zero attached hydrogens (tertiary/aromatic N) is 1. The Hall–Kier alpha value is -2.25. The highest BCUT2D eigenvalue weighted by Gasteiger charge is 2.37. The number of nitrogens with one attached hydrogen (secondary N) is 1. The van der Waals surface area contributed by atoms with E-state index in [0.717, 1.165) is 12.1 Å². The minimum absolute atomic E-state index is 0.347. The number of amides is 2. The van der Waals surface area contributed by atoms with Crippen LogP contribution in [0.15, 0.2) is 24.3 Å². The second-order valence-electron chi connectivity index (χ2n) is 7.69. The standard InChI is InChI=1S/C19H25F3N2O3/c1-12(13-7-5-8-14(11-13)19(20,21)22)23-16(25)15-9-6-10-24(15)17(26)27-18(2,3)4/h5,7-8,11-12,15H,6,9-10H2,1-4H3,(H,23,25)/t12?,15-/m0/s1. The molecule has 0 aromatic heterocycles. The zero-order chi connectivity index (χ0) is 20.4. The van der Waals surface area contributed by atoms with Crippen LogP contribution in [-0.4, -0.2) is 35.1 Å². The van der Waals surface area contributed by atoms with Crippen molar-refractivity contribution in [2.45, 2.75) is 64.4 Å². The van der Waals surface area contributed by atoms with Gasteiger partial charge in [0.1, 0.15) is 11.6 Å². The molecule has 5 nitrogen and oxygen atoms in total. The summed E-state index contributed by atoms with van der Waals surface area (Å²) < 4.78 is 43.9. The fourth-order valence-electron chi connectivity index (χ4n) is 2.96. The second-order valence-corrected chi connectivity index (χ2v) is 7.69. The summed E-state index contributed by atoms with van der Waals surface area (Å²) in [6, 6.07) is 3.53. The highest BCUT2D eigenvalue weighted by molar-refractivity contribution is 5.86. The quantitative estimate of drug-likeness (QED) is 0.843. The molecule has 27 heavy (non-hydrogen) atoms. The van der Waals surface area contributed by atoms with E-state index in [2.05, 4.69) is 5.32 Å². The molecule has 0 spiro atoms. The van der Waals surface area contributed by atoms with Crippen molar-refractivity contribution in [2.24, 2.45) is 0 Å². The number of rotatable bonds is 3. The van der Waals surface area contributed by atoms with Crippen molar-refractivity contribution in [3.8, 4) is 0 Å². The molecule has 2 amide bonds. The summed E-state index contributed by atoms with van der Waals surface area (Å²) >= 11 is 0. The van der Waals surface area contributed by atoms with Crippen molar-refractivity contribution < 1.29 is 27.5 Å². The molecule has 1 heterocycles. The zero-order valence-corrected chi connectivity index (χ0v) is 15.9. The molecule has 0 bridgehead atoms. The minimum atomic E-state index is -4.45. The number of ether oxygens (including phenoxy) is 1. The van der Waals surface area contributed by atoms with Crippen molar-refractivity contribution in [1.29, 1.82) is 0 Å². The maximum absolute atomic E-state index is 12.9. The molecule has 1 aliphatic rings. The van der Waals surface area contributed by atoms with Gasteiger partial charge in [0.05, 0.1) is 11.6 Å². The lowest BCUT2D eigenvalue weighted by atomic mass is 10.0. The largest absolute Gasteiger partial charge is 0.444 e. The lowest BCUT2D eigenvalue weighted by Crippen LogP contribution is -2.48. The first-order valence-electron chi connectivity index (χ1n) is 8.85. The maximum atomic E-state index is 12.9. The predicted molar refractivity (Wildman–Crippen MR) is 94.0 cm³/mol. The number of hydrogen-bond donors (Lipinski definition) is 1. The van der Waals surface area contributed by atoms with E-state index in [0.29, 0.717) is 24.9 Å². The number of hydrogen-bond acceptors (Lipinski definition) is 3. The van der Waals surface area contributed by atoms with Crippen molar-refractivity contribution in [3.05, 3.63) is 35.4 Å². The van der Waals surface area contributed by atoms with E-state index in [4.69, 9.17) is 4.74 Å². The molecule has 0 radical (unpaired) electrons. The highest BCUT2D eigenvalue weighted by atomic mass is 19.4. The lowest BCUT2D eigenvalue weighted by Gasteiger charge is -2.28. The Morgan fingerprint density at radius 2 is 1.93 bits per heavy atom. The van der Waals surface area contributed by atoms with Gasteiger partial charge in [-0.15, -0.1) is 0 Å². The number of benzene rings is 1. The number of halogens is 3. The highest BCUT2D eigenvalue weighted by Crippen LogP contribution is 2.31. The average molecular weight is 386 g/mol. The van der Waals surface area contributed by atoms with Gasteiger partial charge in [-0.25, -0.2) is 4.79 Å². The first-order valence-corrected chi connectivity index (χ1v) is 8.85. The minimum Gasteiger partial charge on any atom is -0.444 e. The normalized spacial score (nSPS) is 18.9. The molecule has 150 valence electrons. The van der Waals surface area contributed by atoms with Crippen LogP contribution in [0.5, 0.6) is 0 Å². The molecule has 1 fully saturated rings. The Morgan fingerprint density at radius 3 is 2.52 bits per heavy atom. The predicted octanol–water partition coefficient (Wildman–Crippen LogP) is 4.28. The van der Waals surface area contributed by atoms with E-state index >= 15 is 0 Å². The average Bonchev–Trinajstić information content (AvgIpc) is 3.02.